The predicted molar refractivity (Wildman–Crippen MR) is 96.2 cm³/mol. The molecule has 1 N–H and O–H groups in total. The van der Waals surface area contributed by atoms with E-state index >= 15 is 0 Å². The van der Waals surface area contributed by atoms with Crippen LogP contribution in [0.25, 0.3) is 5.69 Å². The van der Waals surface area contributed by atoms with E-state index < -0.39 is 11.8 Å². The monoisotopic (exact) mass is 370 g/mol. The molecule has 0 fully saturated rings. The summed E-state index contributed by atoms with van der Waals surface area (Å²) < 4.78 is 15.0. The predicted octanol–water partition coefficient (Wildman–Crippen LogP) is 4.61. The summed E-state index contributed by atoms with van der Waals surface area (Å²) in [6, 6.07) is 4.29. The molecule has 0 spiro atoms. The first-order valence-corrected chi connectivity index (χ1v) is 9.37. The standard InChI is InChI=1S/C17H20ClFN2O2S/c1-4-5-15-16(17(22)23)14(8-10(2)24-3)20-21(15)11-6-7-13(19)12(18)9-11/h6-7,9-10H,4-5,8H2,1-3H3,(H,22,23). The van der Waals surface area contributed by atoms with Crippen molar-refractivity contribution in [1.82, 2.24) is 9.78 Å². The van der Waals surface area contributed by atoms with Crippen LogP contribution in [0.15, 0.2) is 18.2 Å². The Hall–Kier alpha value is -1.53. The Labute approximate surface area is 150 Å². The van der Waals surface area contributed by atoms with Crippen molar-refractivity contribution in [2.75, 3.05) is 6.26 Å². The van der Waals surface area contributed by atoms with Crippen molar-refractivity contribution in [2.45, 2.75) is 38.4 Å². The lowest BCUT2D eigenvalue weighted by molar-refractivity contribution is 0.0694. The Balaban J connectivity index is 2.62. The number of carboxylic acids is 1. The van der Waals surface area contributed by atoms with Crippen molar-refractivity contribution in [3.63, 3.8) is 0 Å². The average Bonchev–Trinajstić information content (AvgIpc) is 2.88. The minimum Gasteiger partial charge on any atom is -0.478 e. The molecule has 1 atom stereocenters. The average molecular weight is 371 g/mol. The first-order chi connectivity index (χ1) is 11.4. The van der Waals surface area contributed by atoms with E-state index in [0.29, 0.717) is 29.9 Å². The van der Waals surface area contributed by atoms with Crippen LogP contribution < -0.4 is 0 Å². The highest BCUT2D eigenvalue weighted by molar-refractivity contribution is 7.99. The second-order valence-corrected chi connectivity index (χ2v) is 7.27. The second-order valence-electron chi connectivity index (χ2n) is 5.58. The summed E-state index contributed by atoms with van der Waals surface area (Å²) in [6.07, 6.45) is 3.88. The molecule has 2 aromatic rings. The van der Waals surface area contributed by atoms with Gasteiger partial charge in [0.2, 0.25) is 0 Å². The van der Waals surface area contributed by atoms with E-state index in [1.165, 1.54) is 12.1 Å². The topological polar surface area (TPSA) is 55.1 Å². The summed E-state index contributed by atoms with van der Waals surface area (Å²) >= 11 is 7.53. The number of benzene rings is 1. The van der Waals surface area contributed by atoms with Gasteiger partial charge in [0, 0.05) is 11.7 Å². The summed E-state index contributed by atoms with van der Waals surface area (Å²) in [5, 5.41) is 14.4. The first-order valence-electron chi connectivity index (χ1n) is 7.71. The van der Waals surface area contributed by atoms with Crippen molar-refractivity contribution in [3.8, 4) is 5.69 Å². The SMILES string of the molecule is CCCc1c(C(=O)O)c(CC(C)SC)nn1-c1ccc(F)c(Cl)c1. The Morgan fingerprint density at radius 3 is 2.75 bits per heavy atom. The van der Waals surface area contributed by atoms with Gasteiger partial charge in [0.05, 0.1) is 22.1 Å². The molecular weight excluding hydrogens is 351 g/mol. The van der Waals surface area contributed by atoms with Gasteiger partial charge in [0.25, 0.3) is 0 Å². The summed E-state index contributed by atoms with van der Waals surface area (Å²) in [4.78, 5) is 11.8. The molecule has 0 saturated carbocycles. The lowest BCUT2D eigenvalue weighted by atomic mass is 10.1. The highest BCUT2D eigenvalue weighted by Crippen LogP contribution is 2.26. The maximum atomic E-state index is 13.4. The van der Waals surface area contributed by atoms with Gasteiger partial charge in [-0.05, 0) is 30.9 Å². The second kappa shape index (κ2) is 8.03. The molecule has 0 aliphatic heterocycles. The van der Waals surface area contributed by atoms with Crippen LogP contribution in [0.5, 0.6) is 0 Å². The number of carbonyl (C=O) groups is 1. The van der Waals surface area contributed by atoms with Gasteiger partial charge in [-0.1, -0.05) is 31.9 Å². The zero-order valence-electron chi connectivity index (χ0n) is 13.8. The van der Waals surface area contributed by atoms with Crippen LogP contribution in [0.1, 0.15) is 42.0 Å². The largest absolute Gasteiger partial charge is 0.478 e. The molecule has 0 aliphatic rings. The number of hydrogen-bond donors (Lipinski definition) is 1. The number of halogens is 2. The fourth-order valence-corrected chi connectivity index (χ4v) is 3.05. The highest BCUT2D eigenvalue weighted by Gasteiger charge is 2.24. The van der Waals surface area contributed by atoms with E-state index in [2.05, 4.69) is 5.10 Å². The molecule has 0 amide bonds. The van der Waals surface area contributed by atoms with Crippen LogP contribution in [0, 0.1) is 5.82 Å². The summed E-state index contributed by atoms with van der Waals surface area (Å²) in [6.45, 7) is 4.01. The number of carboxylic acid groups (broad SMARTS) is 1. The number of aromatic carboxylic acids is 1. The molecule has 0 saturated heterocycles. The van der Waals surface area contributed by atoms with E-state index in [0.717, 1.165) is 6.42 Å². The van der Waals surface area contributed by atoms with Crippen molar-refractivity contribution >= 4 is 29.3 Å². The quantitative estimate of drug-likeness (QED) is 0.773. The maximum absolute atomic E-state index is 13.4. The molecule has 0 aliphatic carbocycles. The number of thioether (sulfide) groups is 1. The van der Waals surface area contributed by atoms with Gasteiger partial charge < -0.3 is 5.11 Å². The van der Waals surface area contributed by atoms with Crippen LogP contribution in [0.3, 0.4) is 0 Å². The fraction of sp³-hybridized carbons (Fsp3) is 0.412. The fourth-order valence-electron chi connectivity index (χ4n) is 2.55. The van der Waals surface area contributed by atoms with E-state index in [-0.39, 0.29) is 15.8 Å². The van der Waals surface area contributed by atoms with Gasteiger partial charge in [0.1, 0.15) is 11.4 Å². The molecule has 24 heavy (non-hydrogen) atoms. The van der Waals surface area contributed by atoms with Gasteiger partial charge in [-0.3, -0.25) is 0 Å². The van der Waals surface area contributed by atoms with Gasteiger partial charge in [-0.15, -0.1) is 0 Å². The molecular formula is C17H20ClFN2O2S. The first kappa shape index (κ1) is 18.8. The van der Waals surface area contributed by atoms with E-state index in [9.17, 15) is 14.3 Å². The molecule has 7 heteroatoms. The Morgan fingerprint density at radius 2 is 2.21 bits per heavy atom. The third-order valence-electron chi connectivity index (χ3n) is 3.79. The van der Waals surface area contributed by atoms with Crippen molar-refractivity contribution in [1.29, 1.82) is 0 Å². The lowest BCUT2D eigenvalue weighted by Crippen LogP contribution is -2.08. The van der Waals surface area contributed by atoms with Crippen molar-refractivity contribution < 1.29 is 14.3 Å². The molecule has 0 bridgehead atoms. The Bertz CT molecular complexity index is 748. The van der Waals surface area contributed by atoms with Gasteiger partial charge in [0.15, 0.2) is 0 Å². The van der Waals surface area contributed by atoms with Crippen molar-refractivity contribution in [3.05, 3.63) is 46.0 Å². The number of hydrogen-bond acceptors (Lipinski definition) is 3. The number of nitrogens with zero attached hydrogens (tertiary/aromatic N) is 2. The number of rotatable bonds is 7. The summed E-state index contributed by atoms with van der Waals surface area (Å²) in [7, 11) is 0. The molecule has 1 aromatic heterocycles. The van der Waals surface area contributed by atoms with E-state index in [4.69, 9.17) is 11.6 Å². The third kappa shape index (κ3) is 3.92. The normalized spacial score (nSPS) is 12.4. The molecule has 4 nitrogen and oxygen atoms in total. The van der Waals surface area contributed by atoms with Gasteiger partial charge >= 0.3 is 5.97 Å². The van der Waals surface area contributed by atoms with Crippen LogP contribution in [0.2, 0.25) is 5.02 Å². The minimum absolute atomic E-state index is 0.0126. The zero-order valence-corrected chi connectivity index (χ0v) is 15.4. The Morgan fingerprint density at radius 1 is 1.50 bits per heavy atom. The number of aromatic nitrogens is 2. The van der Waals surface area contributed by atoms with E-state index in [1.54, 1.807) is 22.5 Å². The molecule has 130 valence electrons. The van der Waals surface area contributed by atoms with Crippen molar-refractivity contribution in [2.24, 2.45) is 0 Å². The molecule has 1 aromatic carbocycles. The van der Waals surface area contributed by atoms with E-state index in [1.807, 2.05) is 20.1 Å². The molecule has 2 rings (SSSR count). The maximum Gasteiger partial charge on any atom is 0.339 e. The highest BCUT2D eigenvalue weighted by atomic mass is 35.5. The van der Waals surface area contributed by atoms with Crippen LogP contribution in [-0.4, -0.2) is 32.4 Å². The van der Waals surface area contributed by atoms with Gasteiger partial charge in [-0.25, -0.2) is 13.9 Å². The minimum atomic E-state index is -0.985. The Kier molecular flexibility index (Phi) is 6.29. The van der Waals surface area contributed by atoms with Crippen LogP contribution >= 0.6 is 23.4 Å². The zero-order chi connectivity index (χ0) is 17.9. The molecule has 1 unspecified atom stereocenters. The third-order valence-corrected chi connectivity index (χ3v) is 5.05. The summed E-state index contributed by atoms with van der Waals surface area (Å²) in [5.41, 5.74) is 1.98. The van der Waals surface area contributed by atoms with Gasteiger partial charge in [-0.2, -0.15) is 16.9 Å². The molecule has 0 radical (unpaired) electrons. The van der Waals surface area contributed by atoms with Crippen LogP contribution in [-0.2, 0) is 12.8 Å². The van der Waals surface area contributed by atoms with Crippen LogP contribution in [0.4, 0.5) is 4.39 Å². The lowest BCUT2D eigenvalue weighted by Gasteiger charge is -2.08. The molecule has 1 heterocycles. The summed E-state index contributed by atoms with van der Waals surface area (Å²) in [5.74, 6) is -1.50. The smallest absolute Gasteiger partial charge is 0.339 e.